The average Bonchev–Trinajstić information content (AvgIpc) is 2.84. The fraction of sp³-hybridized carbons (Fsp3) is 0.633. The van der Waals surface area contributed by atoms with Crippen LogP contribution in [-0.2, 0) is 6.42 Å². The van der Waals surface area contributed by atoms with Crippen LogP contribution in [0.25, 0.3) is 11.3 Å². The van der Waals surface area contributed by atoms with Gasteiger partial charge >= 0.3 is 0 Å². The Labute approximate surface area is 197 Å². The average molecular weight is 436 g/mol. The number of nitrogens with zero attached hydrogens (tertiary/aromatic N) is 1. The third-order valence-corrected chi connectivity index (χ3v) is 7.26. The number of rotatable bonds is 14. The van der Waals surface area contributed by atoms with Crippen LogP contribution in [-0.4, -0.2) is 11.6 Å². The maximum Gasteiger partial charge on any atom is 0.137 e. The number of hydrogen-bond acceptors (Lipinski definition) is 2. The molecule has 176 valence electrons. The van der Waals surface area contributed by atoms with Gasteiger partial charge in [0.1, 0.15) is 5.75 Å². The summed E-state index contributed by atoms with van der Waals surface area (Å²) in [7, 11) is 0. The van der Waals surface area contributed by atoms with E-state index in [-0.39, 0.29) is 0 Å². The summed E-state index contributed by atoms with van der Waals surface area (Å²) in [6.45, 7) is 5.38. The van der Waals surface area contributed by atoms with E-state index in [1.54, 1.807) is 0 Å². The first kappa shape index (κ1) is 24.8. The maximum absolute atomic E-state index is 5.87. The second-order valence-electron chi connectivity index (χ2n) is 9.91. The maximum atomic E-state index is 5.87. The number of pyridine rings is 1. The molecule has 0 amide bonds. The SMILES string of the molecule is CCCCCCCCOc1ccc(-c2ccc(CC[C@H]3CC[C@H](CCC)CC3)cc2)nc1. The summed E-state index contributed by atoms with van der Waals surface area (Å²) in [5.74, 6) is 2.83. The van der Waals surface area contributed by atoms with Crippen molar-refractivity contribution < 1.29 is 4.74 Å². The molecule has 0 bridgehead atoms. The van der Waals surface area contributed by atoms with E-state index in [4.69, 9.17) is 4.74 Å². The van der Waals surface area contributed by atoms with E-state index < -0.39 is 0 Å². The van der Waals surface area contributed by atoms with Crippen molar-refractivity contribution in [3.8, 4) is 17.0 Å². The molecule has 0 N–H and O–H groups in total. The summed E-state index contributed by atoms with van der Waals surface area (Å²) < 4.78 is 5.87. The summed E-state index contributed by atoms with van der Waals surface area (Å²) >= 11 is 0. The van der Waals surface area contributed by atoms with Gasteiger partial charge in [-0.25, -0.2) is 0 Å². The summed E-state index contributed by atoms with van der Waals surface area (Å²) in [5.41, 5.74) is 3.68. The predicted octanol–water partition coefficient (Wildman–Crippen LogP) is 9.03. The molecule has 1 fully saturated rings. The highest BCUT2D eigenvalue weighted by atomic mass is 16.5. The van der Waals surface area contributed by atoms with Gasteiger partial charge in [0, 0.05) is 5.56 Å². The zero-order valence-corrected chi connectivity index (χ0v) is 20.7. The normalized spacial score (nSPS) is 18.6. The van der Waals surface area contributed by atoms with Crippen LogP contribution < -0.4 is 4.74 Å². The van der Waals surface area contributed by atoms with Gasteiger partial charge in [-0.3, -0.25) is 4.98 Å². The van der Waals surface area contributed by atoms with E-state index >= 15 is 0 Å². The molecule has 1 aliphatic carbocycles. The number of aryl methyl sites for hydroxylation is 1. The lowest BCUT2D eigenvalue weighted by Crippen LogP contribution is -2.15. The van der Waals surface area contributed by atoms with Gasteiger partial charge in [-0.1, -0.05) is 109 Å². The standard InChI is InChI=1S/C30H45NO/c1-3-5-6-7-8-9-23-32-29-21-22-30(31-24-29)28-19-17-27(18-20-28)16-15-26-13-11-25(10-4-2)12-14-26/h17-22,24-26H,3-16,23H2,1-2H3/t25-,26-. The van der Waals surface area contributed by atoms with Crippen LogP contribution in [0.5, 0.6) is 5.75 Å². The molecular formula is C30H45NO. The zero-order chi connectivity index (χ0) is 22.4. The van der Waals surface area contributed by atoms with Crippen LogP contribution in [0.2, 0.25) is 0 Å². The molecule has 0 unspecified atom stereocenters. The van der Waals surface area contributed by atoms with Crippen molar-refractivity contribution in [2.45, 2.75) is 104 Å². The molecular weight excluding hydrogens is 390 g/mol. The molecule has 0 aliphatic heterocycles. The molecule has 1 aromatic carbocycles. The first-order valence-corrected chi connectivity index (χ1v) is 13.5. The van der Waals surface area contributed by atoms with E-state index in [1.807, 2.05) is 6.20 Å². The van der Waals surface area contributed by atoms with E-state index in [0.717, 1.165) is 36.3 Å². The van der Waals surface area contributed by atoms with Gasteiger partial charge in [-0.15, -0.1) is 0 Å². The molecule has 3 rings (SSSR count). The second-order valence-corrected chi connectivity index (χ2v) is 9.91. The van der Waals surface area contributed by atoms with Crippen molar-refractivity contribution in [3.05, 3.63) is 48.2 Å². The van der Waals surface area contributed by atoms with Crippen LogP contribution >= 0.6 is 0 Å². The molecule has 0 spiro atoms. The first-order valence-electron chi connectivity index (χ1n) is 13.5. The summed E-state index contributed by atoms with van der Waals surface area (Å²) in [5, 5.41) is 0. The van der Waals surface area contributed by atoms with Gasteiger partial charge in [0.2, 0.25) is 0 Å². The van der Waals surface area contributed by atoms with Gasteiger partial charge in [0.15, 0.2) is 0 Å². The summed E-state index contributed by atoms with van der Waals surface area (Å²) in [6, 6.07) is 13.2. The van der Waals surface area contributed by atoms with E-state index in [0.29, 0.717) is 0 Å². The number of hydrogen-bond donors (Lipinski definition) is 0. The third-order valence-electron chi connectivity index (χ3n) is 7.26. The second kappa shape index (κ2) is 14.3. The largest absolute Gasteiger partial charge is 0.492 e. The summed E-state index contributed by atoms with van der Waals surface area (Å²) in [6.07, 6.45) is 20.8. The molecule has 2 nitrogen and oxygen atoms in total. The molecule has 2 aromatic rings. The fourth-order valence-corrected chi connectivity index (χ4v) is 5.14. The van der Waals surface area contributed by atoms with Gasteiger partial charge < -0.3 is 4.74 Å². The minimum absolute atomic E-state index is 0.794. The number of aromatic nitrogens is 1. The smallest absolute Gasteiger partial charge is 0.137 e. The van der Waals surface area contributed by atoms with E-state index in [9.17, 15) is 0 Å². The van der Waals surface area contributed by atoms with Crippen LogP contribution in [0.3, 0.4) is 0 Å². The van der Waals surface area contributed by atoms with E-state index in [2.05, 4.69) is 55.2 Å². The number of unbranched alkanes of at least 4 members (excludes halogenated alkanes) is 5. The van der Waals surface area contributed by atoms with Crippen molar-refractivity contribution in [1.29, 1.82) is 0 Å². The van der Waals surface area contributed by atoms with Crippen LogP contribution in [0, 0.1) is 11.8 Å². The summed E-state index contributed by atoms with van der Waals surface area (Å²) in [4.78, 5) is 4.63. The Bertz CT molecular complexity index is 728. The minimum Gasteiger partial charge on any atom is -0.492 e. The fourth-order valence-electron chi connectivity index (χ4n) is 5.14. The first-order chi connectivity index (χ1) is 15.8. The molecule has 32 heavy (non-hydrogen) atoms. The highest BCUT2D eigenvalue weighted by Gasteiger charge is 2.20. The van der Waals surface area contributed by atoms with E-state index in [1.165, 1.54) is 94.6 Å². The van der Waals surface area contributed by atoms with Gasteiger partial charge in [0.25, 0.3) is 0 Å². The monoisotopic (exact) mass is 435 g/mol. The lowest BCUT2D eigenvalue weighted by molar-refractivity contribution is 0.252. The lowest BCUT2D eigenvalue weighted by atomic mass is 9.78. The van der Waals surface area contributed by atoms with Crippen LogP contribution in [0.1, 0.15) is 103 Å². The molecule has 2 heteroatoms. The van der Waals surface area contributed by atoms with Crippen molar-refractivity contribution in [1.82, 2.24) is 4.98 Å². The van der Waals surface area contributed by atoms with Crippen LogP contribution in [0.4, 0.5) is 0 Å². The molecule has 1 aliphatic rings. The Morgan fingerprint density at radius 3 is 2.09 bits per heavy atom. The molecule has 1 saturated carbocycles. The minimum atomic E-state index is 0.794. The van der Waals surface area contributed by atoms with Crippen molar-refractivity contribution in [2.24, 2.45) is 11.8 Å². The topological polar surface area (TPSA) is 22.1 Å². The lowest BCUT2D eigenvalue weighted by Gasteiger charge is -2.28. The molecule has 0 saturated heterocycles. The Morgan fingerprint density at radius 1 is 0.750 bits per heavy atom. The molecule has 0 radical (unpaired) electrons. The Kier molecular flexibility index (Phi) is 11.1. The molecule has 1 aromatic heterocycles. The Morgan fingerprint density at radius 2 is 1.44 bits per heavy atom. The predicted molar refractivity (Wildman–Crippen MR) is 137 cm³/mol. The van der Waals surface area contributed by atoms with Gasteiger partial charge in [0.05, 0.1) is 18.5 Å². The van der Waals surface area contributed by atoms with Crippen LogP contribution in [0.15, 0.2) is 42.6 Å². The van der Waals surface area contributed by atoms with Gasteiger partial charge in [-0.05, 0) is 48.8 Å². The number of benzene rings is 1. The Hall–Kier alpha value is -1.83. The zero-order valence-electron chi connectivity index (χ0n) is 20.7. The molecule has 0 atom stereocenters. The highest BCUT2D eigenvalue weighted by molar-refractivity contribution is 5.59. The highest BCUT2D eigenvalue weighted by Crippen LogP contribution is 2.34. The number of ether oxygens (including phenoxy) is 1. The third kappa shape index (κ3) is 8.60. The Balaban J connectivity index is 1.37. The quantitative estimate of drug-likeness (QED) is 0.276. The van der Waals surface area contributed by atoms with Crippen molar-refractivity contribution >= 4 is 0 Å². The molecule has 1 heterocycles. The van der Waals surface area contributed by atoms with Crippen molar-refractivity contribution in [3.63, 3.8) is 0 Å². The van der Waals surface area contributed by atoms with Gasteiger partial charge in [-0.2, -0.15) is 0 Å². The van der Waals surface area contributed by atoms with Crippen molar-refractivity contribution in [2.75, 3.05) is 6.61 Å².